The van der Waals surface area contributed by atoms with Crippen molar-refractivity contribution in [3.8, 4) is 11.5 Å². The number of carbonyl (C=O) groups is 2. The standard InChI is InChI=1S/C29H39NO10/c1-27(2,34)8-5-10-29(35,24(31)25(32)37-4)26(33)40-23-21(36-3)15-28-9-6-11-30(28)12-7-17-13-19-20(39-16-38-19)14-18(17)22(23)28/h13-15,22-24,31,34-35H,5-12,16H2,1-4H3/t22-,23-,24-,28+,29-/m1/s1. The van der Waals surface area contributed by atoms with Gasteiger partial charge in [-0.1, -0.05) is 0 Å². The minimum Gasteiger partial charge on any atom is -0.497 e. The summed E-state index contributed by atoms with van der Waals surface area (Å²) in [5, 5.41) is 32.4. The first-order valence-electron chi connectivity index (χ1n) is 13.8. The van der Waals surface area contributed by atoms with Crippen molar-refractivity contribution < 1.29 is 48.6 Å². The van der Waals surface area contributed by atoms with Crippen LogP contribution >= 0.6 is 0 Å². The molecule has 0 amide bonds. The number of ether oxygens (including phenoxy) is 5. The van der Waals surface area contributed by atoms with Gasteiger partial charge in [0.1, 0.15) is 5.76 Å². The van der Waals surface area contributed by atoms with E-state index in [1.807, 2.05) is 18.2 Å². The Kier molecular flexibility index (Phi) is 7.54. The Morgan fingerprint density at radius 1 is 1.15 bits per heavy atom. The van der Waals surface area contributed by atoms with E-state index in [2.05, 4.69) is 9.64 Å². The Morgan fingerprint density at radius 2 is 1.88 bits per heavy atom. The van der Waals surface area contributed by atoms with Crippen LogP contribution in [0, 0.1) is 0 Å². The van der Waals surface area contributed by atoms with Crippen LogP contribution in [-0.2, 0) is 30.2 Å². The Morgan fingerprint density at radius 3 is 2.55 bits per heavy atom. The van der Waals surface area contributed by atoms with Gasteiger partial charge in [0.05, 0.1) is 31.3 Å². The molecule has 11 heteroatoms. The van der Waals surface area contributed by atoms with Crippen molar-refractivity contribution in [1.82, 2.24) is 4.90 Å². The first-order chi connectivity index (χ1) is 18.9. The molecule has 40 heavy (non-hydrogen) atoms. The molecule has 0 saturated carbocycles. The summed E-state index contributed by atoms with van der Waals surface area (Å²) in [6, 6.07) is 3.92. The number of fused-ring (bicyclic) bond motifs is 3. The molecular formula is C29H39NO10. The normalized spacial score (nSPS) is 27.4. The molecule has 0 aromatic heterocycles. The number of rotatable bonds is 9. The summed E-state index contributed by atoms with van der Waals surface area (Å²) in [6.07, 6.45) is 1.44. The summed E-state index contributed by atoms with van der Waals surface area (Å²) >= 11 is 0. The highest BCUT2D eigenvalue weighted by molar-refractivity contribution is 5.89. The molecule has 3 aliphatic heterocycles. The minimum absolute atomic E-state index is 0.128. The van der Waals surface area contributed by atoms with Crippen molar-refractivity contribution in [2.45, 2.75) is 87.2 Å². The van der Waals surface area contributed by atoms with Gasteiger partial charge >= 0.3 is 11.9 Å². The second-order valence-electron chi connectivity index (χ2n) is 11.8. The summed E-state index contributed by atoms with van der Waals surface area (Å²) in [5.74, 6) is -1.01. The second kappa shape index (κ2) is 10.5. The van der Waals surface area contributed by atoms with Crippen LogP contribution in [-0.4, -0.2) is 95.2 Å². The first-order valence-corrected chi connectivity index (χ1v) is 13.8. The number of hydrogen-bond acceptors (Lipinski definition) is 11. The molecular weight excluding hydrogens is 522 g/mol. The van der Waals surface area contributed by atoms with E-state index in [9.17, 15) is 24.9 Å². The average molecular weight is 562 g/mol. The van der Waals surface area contributed by atoms with Gasteiger partial charge in [-0.05, 0) is 88.3 Å². The zero-order valence-electron chi connectivity index (χ0n) is 23.5. The van der Waals surface area contributed by atoms with E-state index in [0.29, 0.717) is 17.3 Å². The molecule has 4 aliphatic rings. The van der Waals surface area contributed by atoms with Gasteiger partial charge in [0.15, 0.2) is 29.3 Å². The Labute approximate surface area is 233 Å². The number of aliphatic hydroxyl groups excluding tert-OH is 1. The second-order valence-corrected chi connectivity index (χ2v) is 11.8. The Bertz CT molecular complexity index is 1190. The van der Waals surface area contributed by atoms with Crippen LogP contribution in [0.25, 0.3) is 0 Å². The first kappa shape index (κ1) is 28.7. The van der Waals surface area contributed by atoms with E-state index in [1.165, 1.54) is 7.11 Å². The smallest absolute Gasteiger partial charge is 0.342 e. The van der Waals surface area contributed by atoms with Crippen molar-refractivity contribution in [2.24, 2.45) is 0 Å². The topological polar surface area (TPSA) is 144 Å². The van der Waals surface area contributed by atoms with Crippen molar-refractivity contribution in [3.05, 3.63) is 35.1 Å². The van der Waals surface area contributed by atoms with Crippen LogP contribution in [0.2, 0.25) is 0 Å². The monoisotopic (exact) mass is 561 g/mol. The van der Waals surface area contributed by atoms with Gasteiger partial charge in [0, 0.05) is 6.54 Å². The van der Waals surface area contributed by atoms with Crippen molar-refractivity contribution in [3.63, 3.8) is 0 Å². The van der Waals surface area contributed by atoms with Gasteiger partial charge in [-0.3, -0.25) is 4.90 Å². The molecule has 1 aromatic carbocycles. The van der Waals surface area contributed by atoms with Gasteiger partial charge in [0.2, 0.25) is 6.79 Å². The van der Waals surface area contributed by atoms with Crippen molar-refractivity contribution in [1.29, 1.82) is 0 Å². The highest BCUT2D eigenvalue weighted by atomic mass is 16.7. The number of methoxy groups -OCH3 is 2. The third-order valence-electron chi connectivity index (χ3n) is 8.77. The van der Waals surface area contributed by atoms with Gasteiger partial charge < -0.3 is 39.0 Å². The minimum atomic E-state index is -2.61. The van der Waals surface area contributed by atoms with Crippen LogP contribution < -0.4 is 9.47 Å². The van der Waals surface area contributed by atoms with Gasteiger partial charge in [-0.15, -0.1) is 0 Å². The van der Waals surface area contributed by atoms with Crippen LogP contribution in [0.1, 0.15) is 63.0 Å². The molecule has 0 radical (unpaired) electrons. The molecule has 0 unspecified atom stereocenters. The largest absolute Gasteiger partial charge is 0.497 e. The van der Waals surface area contributed by atoms with E-state index >= 15 is 0 Å². The maximum Gasteiger partial charge on any atom is 0.342 e. The zero-order valence-corrected chi connectivity index (χ0v) is 23.5. The van der Waals surface area contributed by atoms with E-state index in [1.54, 1.807) is 13.8 Å². The number of esters is 2. The number of benzene rings is 1. The molecule has 5 atom stereocenters. The summed E-state index contributed by atoms with van der Waals surface area (Å²) in [4.78, 5) is 28.5. The van der Waals surface area contributed by atoms with Crippen LogP contribution in [0.5, 0.6) is 11.5 Å². The van der Waals surface area contributed by atoms with Gasteiger partial charge in [-0.25, -0.2) is 9.59 Å². The quantitative estimate of drug-likeness (QED) is 0.378. The third-order valence-corrected chi connectivity index (χ3v) is 8.77. The van der Waals surface area contributed by atoms with Crippen LogP contribution in [0.4, 0.5) is 0 Å². The lowest BCUT2D eigenvalue weighted by molar-refractivity contribution is -0.195. The van der Waals surface area contributed by atoms with Crippen LogP contribution in [0.3, 0.4) is 0 Å². The fraction of sp³-hybridized carbons (Fsp3) is 0.655. The highest BCUT2D eigenvalue weighted by Crippen LogP contribution is 2.55. The molecule has 1 fully saturated rings. The van der Waals surface area contributed by atoms with Crippen molar-refractivity contribution >= 4 is 11.9 Å². The zero-order chi connectivity index (χ0) is 28.9. The Hall–Kier alpha value is -2.86. The predicted molar refractivity (Wildman–Crippen MR) is 141 cm³/mol. The average Bonchev–Trinajstić information content (AvgIpc) is 3.60. The summed E-state index contributed by atoms with van der Waals surface area (Å²) in [5.41, 5.74) is -2.19. The van der Waals surface area contributed by atoms with E-state index in [4.69, 9.17) is 18.9 Å². The molecule has 220 valence electrons. The molecule has 5 rings (SSSR count). The van der Waals surface area contributed by atoms with Gasteiger partial charge in [-0.2, -0.15) is 0 Å². The molecule has 1 spiro atoms. The maximum atomic E-state index is 13.8. The van der Waals surface area contributed by atoms with Crippen molar-refractivity contribution in [2.75, 3.05) is 34.1 Å². The predicted octanol–water partition coefficient (Wildman–Crippen LogP) is 1.55. The SMILES string of the molecule is COC(=O)[C@@H](O)[C@](O)(CCCC(C)(C)O)C(=O)O[C@@H]1C(OC)=C[C@]23CCCN2CCc2cc4c(cc2[C@H]13)OCO4. The van der Waals surface area contributed by atoms with Crippen LogP contribution in [0.15, 0.2) is 24.0 Å². The fourth-order valence-electron chi connectivity index (χ4n) is 6.76. The number of hydrogen-bond donors (Lipinski definition) is 3. The molecule has 1 aliphatic carbocycles. The number of aliphatic hydroxyl groups is 3. The number of nitrogens with zero attached hydrogens (tertiary/aromatic N) is 1. The van der Waals surface area contributed by atoms with Gasteiger partial charge in [0.25, 0.3) is 0 Å². The third kappa shape index (κ3) is 4.82. The van der Waals surface area contributed by atoms with E-state index < -0.39 is 46.8 Å². The summed E-state index contributed by atoms with van der Waals surface area (Å²) < 4.78 is 27.8. The summed E-state index contributed by atoms with van der Waals surface area (Å²) in [7, 11) is 2.56. The molecule has 3 N–H and O–H groups in total. The maximum absolute atomic E-state index is 13.8. The lowest BCUT2D eigenvalue weighted by Crippen LogP contribution is -2.56. The Balaban J connectivity index is 1.53. The molecule has 11 nitrogen and oxygen atoms in total. The van der Waals surface area contributed by atoms with E-state index in [-0.39, 0.29) is 26.1 Å². The lowest BCUT2D eigenvalue weighted by Gasteiger charge is -2.40. The summed E-state index contributed by atoms with van der Waals surface area (Å²) in [6.45, 7) is 4.98. The van der Waals surface area contributed by atoms with E-state index in [0.717, 1.165) is 50.6 Å². The fourth-order valence-corrected chi connectivity index (χ4v) is 6.76. The lowest BCUT2D eigenvalue weighted by atomic mass is 9.77. The molecule has 0 bridgehead atoms. The number of carbonyl (C=O) groups excluding carboxylic acids is 2. The molecule has 3 heterocycles. The highest BCUT2D eigenvalue weighted by Gasteiger charge is 2.59. The molecule has 1 aromatic rings. The molecule has 1 saturated heterocycles.